The molecule has 2 heterocycles. The first-order valence-electron chi connectivity index (χ1n) is 9.11. The predicted octanol–water partition coefficient (Wildman–Crippen LogP) is 3.52. The van der Waals surface area contributed by atoms with Crippen LogP contribution in [0, 0.1) is 0 Å². The largest absolute Gasteiger partial charge is 0.497 e. The minimum absolute atomic E-state index is 0.0423. The van der Waals surface area contributed by atoms with Gasteiger partial charge in [-0.05, 0) is 31.2 Å². The molecule has 4 aromatic rings. The summed E-state index contributed by atoms with van der Waals surface area (Å²) in [5.41, 5.74) is 4.03. The van der Waals surface area contributed by atoms with Gasteiger partial charge in [-0.2, -0.15) is 10.2 Å². The molecule has 0 fully saturated rings. The summed E-state index contributed by atoms with van der Waals surface area (Å²) in [6.07, 6.45) is 3.58. The number of benzene rings is 2. The molecule has 0 aliphatic rings. The van der Waals surface area contributed by atoms with Crippen LogP contribution in [-0.2, 0) is 6.54 Å². The highest BCUT2D eigenvalue weighted by atomic mass is 16.5. The van der Waals surface area contributed by atoms with Crippen molar-refractivity contribution in [2.45, 2.75) is 19.5 Å². The van der Waals surface area contributed by atoms with Gasteiger partial charge in [0.15, 0.2) is 0 Å². The van der Waals surface area contributed by atoms with Crippen molar-refractivity contribution >= 4 is 0 Å². The quantitative estimate of drug-likeness (QED) is 0.517. The summed E-state index contributed by atoms with van der Waals surface area (Å²) >= 11 is 0. The summed E-state index contributed by atoms with van der Waals surface area (Å²) in [6, 6.07) is 18.1. The van der Waals surface area contributed by atoms with Crippen LogP contribution in [0.15, 0.2) is 67.1 Å². The van der Waals surface area contributed by atoms with Crippen molar-refractivity contribution in [3.05, 3.63) is 78.5 Å². The number of H-pyrrole nitrogens is 1. The number of nitrogens with one attached hydrogen (secondary N) is 2. The molecule has 0 aliphatic carbocycles. The molecule has 2 aromatic carbocycles. The highest BCUT2D eigenvalue weighted by Crippen LogP contribution is 2.27. The maximum atomic E-state index is 5.39. The SMILES string of the molecule is COc1cccc(-c2nn(-c3ccccc3)cc2CN[C@@H](C)c2ncn[nH]2)c1. The van der Waals surface area contributed by atoms with E-state index in [1.807, 2.05) is 66.2 Å². The number of aromatic nitrogens is 5. The van der Waals surface area contributed by atoms with Gasteiger partial charge in [0.2, 0.25) is 0 Å². The van der Waals surface area contributed by atoms with Gasteiger partial charge >= 0.3 is 0 Å². The average Bonchev–Trinajstić information content (AvgIpc) is 3.43. The Morgan fingerprint density at radius 3 is 2.75 bits per heavy atom. The normalized spacial score (nSPS) is 12.1. The Hall–Kier alpha value is -3.45. The fourth-order valence-electron chi connectivity index (χ4n) is 3.05. The fourth-order valence-corrected chi connectivity index (χ4v) is 3.05. The molecule has 0 spiro atoms. The van der Waals surface area contributed by atoms with E-state index in [1.54, 1.807) is 7.11 Å². The number of methoxy groups -OCH3 is 1. The Labute approximate surface area is 163 Å². The Kier molecular flexibility index (Phi) is 5.16. The highest BCUT2D eigenvalue weighted by molar-refractivity contribution is 5.65. The van der Waals surface area contributed by atoms with Crippen LogP contribution in [0.5, 0.6) is 5.75 Å². The van der Waals surface area contributed by atoms with Gasteiger partial charge in [-0.25, -0.2) is 9.67 Å². The molecule has 2 N–H and O–H groups in total. The molecule has 0 amide bonds. The third-order valence-corrected chi connectivity index (χ3v) is 4.60. The Bertz CT molecular complexity index is 1030. The summed E-state index contributed by atoms with van der Waals surface area (Å²) in [4.78, 5) is 4.22. The zero-order valence-electron chi connectivity index (χ0n) is 15.8. The van der Waals surface area contributed by atoms with E-state index in [9.17, 15) is 0 Å². The summed E-state index contributed by atoms with van der Waals surface area (Å²) < 4.78 is 7.29. The average molecular weight is 374 g/mol. The number of aromatic amines is 1. The molecule has 0 unspecified atom stereocenters. The summed E-state index contributed by atoms with van der Waals surface area (Å²) in [6.45, 7) is 2.69. The smallest absolute Gasteiger partial charge is 0.141 e. The zero-order valence-corrected chi connectivity index (χ0v) is 15.8. The summed E-state index contributed by atoms with van der Waals surface area (Å²) in [5, 5.41) is 15.2. The first-order chi connectivity index (χ1) is 13.7. The van der Waals surface area contributed by atoms with Crippen molar-refractivity contribution in [3.8, 4) is 22.7 Å². The molecule has 0 saturated heterocycles. The number of rotatable bonds is 7. The van der Waals surface area contributed by atoms with Crippen LogP contribution in [0.2, 0.25) is 0 Å². The molecule has 7 nitrogen and oxygen atoms in total. The second kappa shape index (κ2) is 8.06. The maximum absolute atomic E-state index is 5.39. The van der Waals surface area contributed by atoms with E-state index in [1.165, 1.54) is 6.33 Å². The van der Waals surface area contributed by atoms with Crippen molar-refractivity contribution in [2.24, 2.45) is 0 Å². The van der Waals surface area contributed by atoms with Crippen molar-refractivity contribution < 1.29 is 4.74 Å². The topological polar surface area (TPSA) is 80.7 Å². The minimum Gasteiger partial charge on any atom is -0.497 e. The van der Waals surface area contributed by atoms with Gasteiger partial charge < -0.3 is 10.1 Å². The van der Waals surface area contributed by atoms with E-state index in [0.29, 0.717) is 6.54 Å². The number of nitrogens with zero attached hydrogens (tertiary/aromatic N) is 4. The Balaban J connectivity index is 1.67. The van der Waals surface area contributed by atoms with Crippen LogP contribution >= 0.6 is 0 Å². The van der Waals surface area contributed by atoms with Crippen LogP contribution in [0.25, 0.3) is 16.9 Å². The van der Waals surface area contributed by atoms with Crippen LogP contribution in [0.1, 0.15) is 24.4 Å². The van der Waals surface area contributed by atoms with E-state index in [2.05, 4.69) is 26.7 Å². The van der Waals surface area contributed by atoms with Gasteiger partial charge in [-0.15, -0.1) is 0 Å². The molecule has 0 bridgehead atoms. The highest BCUT2D eigenvalue weighted by Gasteiger charge is 2.15. The number of para-hydroxylation sites is 1. The monoisotopic (exact) mass is 374 g/mol. The van der Waals surface area contributed by atoms with Crippen LogP contribution < -0.4 is 10.1 Å². The molecular formula is C21H22N6O. The number of hydrogen-bond donors (Lipinski definition) is 2. The van der Waals surface area contributed by atoms with E-state index < -0.39 is 0 Å². The lowest BCUT2D eigenvalue weighted by Crippen LogP contribution is -2.19. The van der Waals surface area contributed by atoms with Crippen molar-refractivity contribution in [2.75, 3.05) is 7.11 Å². The van der Waals surface area contributed by atoms with E-state index in [0.717, 1.165) is 34.1 Å². The molecule has 4 rings (SSSR count). The standard InChI is InChI=1S/C21H22N6O/c1-15(21-23-14-24-25-21)22-12-17-13-27(18-8-4-3-5-9-18)26-20(17)16-7-6-10-19(11-16)28-2/h3-11,13-15,22H,12H2,1-2H3,(H,23,24,25)/t15-/m0/s1. The third-order valence-electron chi connectivity index (χ3n) is 4.60. The van der Waals surface area contributed by atoms with E-state index >= 15 is 0 Å². The van der Waals surface area contributed by atoms with Gasteiger partial charge in [-0.3, -0.25) is 5.10 Å². The first kappa shape index (κ1) is 17.9. The molecule has 7 heteroatoms. The lowest BCUT2D eigenvalue weighted by molar-refractivity contribution is 0.415. The van der Waals surface area contributed by atoms with Gasteiger partial charge in [0.1, 0.15) is 17.9 Å². The molecule has 0 radical (unpaired) electrons. The zero-order chi connectivity index (χ0) is 19.3. The Morgan fingerprint density at radius 1 is 1.14 bits per heavy atom. The van der Waals surface area contributed by atoms with E-state index in [4.69, 9.17) is 9.84 Å². The van der Waals surface area contributed by atoms with Crippen molar-refractivity contribution in [1.82, 2.24) is 30.3 Å². The second-order valence-electron chi connectivity index (χ2n) is 6.49. The van der Waals surface area contributed by atoms with E-state index in [-0.39, 0.29) is 6.04 Å². The van der Waals surface area contributed by atoms with Crippen LogP contribution in [0.4, 0.5) is 0 Å². The maximum Gasteiger partial charge on any atom is 0.141 e. The van der Waals surface area contributed by atoms with Gasteiger partial charge in [-0.1, -0.05) is 30.3 Å². The van der Waals surface area contributed by atoms with Gasteiger partial charge in [0.05, 0.1) is 24.5 Å². The molecular weight excluding hydrogens is 352 g/mol. The van der Waals surface area contributed by atoms with Crippen molar-refractivity contribution in [3.63, 3.8) is 0 Å². The van der Waals surface area contributed by atoms with Crippen LogP contribution in [-0.4, -0.2) is 32.1 Å². The molecule has 0 aliphatic heterocycles. The van der Waals surface area contributed by atoms with Gasteiger partial charge in [0.25, 0.3) is 0 Å². The Morgan fingerprint density at radius 2 is 2.00 bits per heavy atom. The van der Waals surface area contributed by atoms with Crippen LogP contribution in [0.3, 0.4) is 0 Å². The summed E-state index contributed by atoms with van der Waals surface area (Å²) in [7, 11) is 1.67. The third kappa shape index (κ3) is 3.79. The molecule has 1 atom stereocenters. The fraction of sp³-hybridized carbons (Fsp3) is 0.190. The van der Waals surface area contributed by atoms with Crippen molar-refractivity contribution in [1.29, 1.82) is 0 Å². The predicted molar refractivity (Wildman–Crippen MR) is 107 cm³/mol. The molecule has 2 aromatic heterocycles. The molecule has 0 saturated carbocycles. The molecule has 142 valence electrons. The second-order valence-corrected chi connectivity index (χ2v) is 6.49. The minimum atomic E-state index is 0.0423. The first-order valence-corrected chi connectivity index (χ1v) is 9.11. The lowest BCUT2D eigenvalue weighted by atomic mass is 10.1. The number of ether oxygens (including phenoxy) is 1. The molecule has 28 heavy (non-hydrogen) atoms. The van der Waals surface area contributed by atoms with Gasteiger partial charge in [0, 0.05) is 23.9 Å². The summed E-state index contributed by atoms with van der Waals surface area (Å²) in [5.74, 6) is 1.61. The lowest BCUT2D eigenvalue weighted by Gasteiger charge is -2.11. The number of hydrogen-bond acceptors (Lipinski definition) is 5.